The second-order valence-corrected chi connectivity index (χ2v) is 4.49. The van der Waals surface area contributed by atoms with Crippen LogP contribution in [-0.2, 0) is 0 Å². The maximum atomic E-state index is 11.3. The minimum atomic E-state index is -1.14. The number of carbonyl (C=O) groups is 1. The van der Waals surface area contributed by atoms with Crippen molar-refractivity contribution in [2.75, 3.05) is 5.43 Å². The van der Waals surface area contributed by atoms with Crippen LogP contribution in [0.25, 0.3) is 11.1 Å². The van der Waals surface area contributed by atoms with Gasteiger partial charge in [0.15, 0.2) is 0 Å². The van der Waals surface area contributed by atoms with Crippen molar-refractivity contribution < 1.29 is 9.90 Å². The van der Waals surface area contributed by atoms with Crippen molar-refractivity contribution in [3.8, 4) is 11.1 Å². The Bertz CT molecular complexity index is 864. The maximum Gasteiger partial charge on any atom is 0.340 e. The zero-order valence-electron chi connectivity index (χ0n) is 10.7. The number of hydrogen-bond donors (Lipinski definition) is 2. The van der Waals surface area contributed by atoms with Gasteiger partial charge in [0, 0.05) is 0 Å². The molecule has 0 amide bonds. The predicted octanol–water partition coefficient (Wildman–Crippen LogP) is 1.32. The fourth-order valence-corrected chi connectivity index (χ4v) is 1.99. The molecule has 0 aliphatic rings. The average molecular weight is 282 g/mol. The Morgan fingerprint density at radius 2 is 1.62 bits per heavy atom. The van der Waals surface area contributed by atoms with Crippen LogP contribution < -0.4 is 16.5 Å². The van der Waals surface area contributed by atoms with Crippen LogP contribution in [-0.4, -0.2) is 15.8 Å². The summed E-state index contributed by atoms with van der Waals surface area (Å²) < 4.78 is 0.768. The van der Waals surface area contributed by atoms with Gasteiger partial charge in [0.25, 0.3) is 0 Å². The van der Waals surface area contributed by atoms with Crippen molar-refractivity contribution >= 4 is 11.7 Å². The first-order chi connectivity index (χ1) is 10.1. The van der Waals surface area contributed by atoms with Crippen LogP contribution in [0.5, 0.6) is 0 Å². The van der Waals surface area contributed by atoms with E-state index in [1.54, 1.807) is 6.07 Å². The van der Waals surface area contributed by atoms with E-state index in [2.05, 4.69) is 5.43 Å². The van der Waals surface area contributed by atoms with Crippen LogP contribution in [0.2, 0.25) is 0 Å². The molecule has 0 saturated carbocycles. The number of nitrogens with zero attached hydrogens (tertiary/aromatic N) is 1. The molecular formula is C15H10N2O4. The number of nitrogens with one attached hydrogen (secondary N) is 1. The molecule has 1 aromatic heterocycles. The number of anilines is 1. The summed E-state index contributed by atoms with van der Waals surface area (Å²) in [5.41, 5.74) is 2.94. The molecule has 0 atom stereocenters. The predicted molar refractivity (Wildman–Crippen MR) is 77.2 cm³/mol. The van der Waals surface area contributed by atoms with Gasteiger partial charge in [-0.2, -0.15) is 4.68 Å². The summed E-state index contributed by atoms with van der Waals surface area (Å²) >= 11 is 0. The van der Waals surface area contributed by atoms with E-state index in [0.29, 0.717) is 0 Å². The summed E-state index contributed by atoms with van der Waals surface area (Å²) in [6.45, 7) is 0. The van der Waals surface area contributed by atoms with Gasteiger partial charge in [-0.1, -0.05) is 36.4 Å². The molecule has 0 spiro atoms. The monoisotopic (exact) mass is 282 g/mol. The molecule has 0 bridgehead atoms. The second-order valence-electron chi connectivity index (χ2n) is 4.49. The van der Waals surface area contributed by atoms with Gasteiger partial charge in [-0.25, -0.2) is 4.79 Å². The number of rotatable bonds is 4. The number of hydrogen-bond acceptors (Lipinski definition) is 4. The molecule has 2 N–H and O–H groups in total. The minimum Gasteiger partial charge on any atom is -0.478 e. The maximum absolute atomic E-state index is 11.3. The summed E-state index contributed by atoms with van der Waals surface area (Å²) in [6.07, 6.45) is 0. The molecule has 21 heavy (non-hydrogen) atoms. The number of aromatic carboxylic acids is 1. The van der Waals surface area contributed by atoms with Crippen LogP contribution in [0, 0.1) is 0 Å². The Hall–Kier alpha value is -3.15. The molecule has 2 aromatic carbocycles. The molecule has 104 valence electrons. The van der Waals surface area contributed by atoms with Gasteiger partial charge in [0.1, 0.15) is 0 Å². The minimum absolute atomic E-state index is 0.0103. The highest BCUT2D eigenvalue weighted by Gasteiger charge is 2.19. The lowest BCUT2D eigenvalue weighted by Gasteiger charge is -2.09. The fourth-order valence-electron chi connectivity index (χ4n) is 1.99. The molecule has 0 aliphatic heterocycles. The van der Waals surface area contributed by atoms with Crippen LogP contribution in [0.3, 0.4) is 0 Å². The van der Waals surface area contributed by atoms with Gasteiger partial charge in [0.05, 0.1) is 11.3 Å². The first-order valence-electron chi connectivity index (χ1n) is 6.16. The Labute approximate surface area is 118 Å². The fraction of sp³-hybridized carbons (Fsp3) is 0. The lowest BCUT2D eigenvalue weighted by atomic mass is 10.0. The molecular weight excluding hydrogens is 272 g/mol. The highest BCUT2D eigenvalue weighted by atomic mass is 16.4. The van der Waals surface area contributed by atoms with Crippen LogP contribution in [0.15, 0.2) is 58.1 Å². The molecule has 0 fully saturated rings. The SMILES string of the molecule is O=C(O)c1cc(-c2ccccc2)ccc1Nn1c(=O)c1=O. The average Bonchev–Trinajstić information content (AvgIpc) is 3.06. The number of aromatic nitrogens is 1. The highest BCUT2D eigenvalue weighted by molar-refractivity contribution is 5.96. The Balaban J connectivity index is 2.03. The van der Waals surface area contributed by atoms with E-state index in [1.807, 2.05) is 30.3 Å². The zero-order chi connectivity index (χ0) is 15.0. The van der Waals surface area contributed by atoms with Gasteiger partial charge in [-0.05, 0) is 23.3 Å². The lowest BCUT2D eigenvalue weighted by molar-refractivity contribution is 0.0698. The van der Waals surface area contributed by atoms with E-state index in [0.717, 1.165) is 15.8 Å². The second kappa shape index (κ2) is 4.75. The third kappa shape index (κ3) is 2.34. The van der Waals surface area contributed by atoms with Crippen LogP contribution >= 0.6 is 0 Å². The molecule has 0 aliphatic carbocycles. The highest BCUT2D eigenvalue weighted by Crippen LogP contribution is 2.25. The van der Waals surface area contributed by atoms with E-state index < -0.39 is 17.1 Å². The van der Waals surface area contributed by atoms with Gasteiger partial charge < -0.3 is 5.11 Å². The molecule has 6 nitrogen and oxygen atoms in total. The van der Waals surface area contributed by atoms with E-state index in [4.69, 9.17) is 0 Å². The summed E-state index contributed by atoms with van der Waals surface area (Å²) in [5, 5.41) is 9.27. The first-order valence-corrected chi connectivity index (χ1v) is 6.16. The van der Waals surface area contributed by atoms with E-state index in [-0.39, 0.29) is 11.3 Å². The van der Waals surface area contributed by atoms with E-state index in [9.17, 15) is 19.5 Å². The van der Waals surface area contributed by atoms with Crippen LogP contribution in [0.4, 0.5) is 5.69 Å². The summed E-state index contributed by atoms with van der Waals surface area (Å²) in [6, 6.07) is 14.1. The van der Waals surface area contributed by atoms with Crippen molar-refractivity contribution in [2.45, 2.75) is 0 Å². The van der Waals surface area contributed by atoms with Crippen molar-refractivity contribution in [1.29, 1.82) is 0 Å². The number of carboxylic acid groups (broad SMARTS) is 1. The number of benzene rings is 2. The molecule has 3 aromatic rings. The number of carboxylic acids is 1. The smallest absolute Gasteiger partial charge is 0.340 e. The first kappa shape index (κ1) is 12.9. The largest absolute Gasteiger partial charge is 0.478 e. The Morgan fingerprint density at radius 1 is 0.952 bits per heavy atom. The Morgan fingerprint density at radius 3 is 2.19 bits per heavy atom. The van der Waals surface area contributed by atoms with Crippen LogP contribution in [0.1, 0.15) is 10.4 Å². The summed E-state index contributed by atoms with van der Waals surface area (Å²) in [5.74, 6) is -1.14. The standard InChI is InChI=1S/C15H10N2O4/c18-13-14(19)17(13)16-12-7-6-10(8-11(12)15(20)21)9-4-2-1-3-5-9/h1-8,16H,(H,20,21). The quantitative estimate of drug-likeness (QED) is 0.705. The van der Waals surface area contributed by atoms with E-state index in [1.165, 1.54) is 12.1 Å². The van der Waals surface area contributed by atoms with Gasteiger partial charge in [0.2, 0.25) is 0 Å². The molecule has 1 heterocycles. The van der Waals surface area contributed by atoms with Crippen molar-refractivity contribution in [2.24, 2.45) is 0 Å². The third-order valence-corrected chi connectivity index (χ3v) is 3.13. The normalized spacial score (nSPS) is 10.7. The third-order valence-electron chi connectivity index (χ3n) is 3.13. The van der Waals surface area contributed by atoms with E-state index >= 15 is 0 Å². The summed E-state index contributed by atoms with van der Waals surface area (Å²) in [7, 11) is 0. The van der Waals surface area contributed by atoms with Crippen molar-refractivity contribution in [3.05, 3.63) is 74.8 Å². The zero-order valence-corrected chi connectivity index (χ0v) is 10.7. The van der Waals surface area contributed by atoms with Gasteiger partial charge in [-0.3, -0.25) is 15.0 Å². The van der Waals surface area contributed by atoms with Gasteiger partial charge in [-0.15, -0.1) is 0 Å². The van der Waals surface area contributed by atoms with Crippen molar-refractivity contribution in [3.63, 3.8) is 0 Å². The van der Waals surface area contributed by atoms with Crippen molar-refractivity contribution in [1.82, 2.24) is 4.68 Å². The molecule has 6 heteroatoms. The van der Waals surface area contributed by atoms with Gasteiger partial charge >= 0.3 is 17.1 Å². The summed E-state index contributed by atoms with van der Waals surface area (Å²) in [4.78, 5) is 33.3. The lowest BCUT2D eigenvalue weighted by Crippen LogP contribution is -2.12. The molecule has 0 unspecified atom stereocenters. The Kier molecular flexibility index (Phi) is 2.91. The molecule has 0 saturated heterocycles. The molecule has 3 rings (SSSR count). The molecule has 0 radical (unpaired) electrons. The topological polar surface area (TPSA) is 88.4 Å².